The summed E-state index contributed by atoms with van der Waals surface area (Å²) in [7, 11) is 1.38. The number of rotatable bonds is 5. The Balaban J connectivity index is 2.48. The van der Waals surface area contributed by atoms with Crippen molar-refractivity contribution >= 4 is 35.1 Å². The molecule has 1 aromatic carbocycles. The van der Waals surface area contributed by atoms with Crippen LogP contribution in [0, 0.1) is 0 Å². The van der Waals surface area contributed by atoms with Crippen molar-refractivity contribution in [2.24, 2.45) is 0 Å². The van der Waals surface area contributed by atoms with Gasteiger partial charge < -0.3 is 10.0 Å². The number of amides is 1. The summed E-state index contributed by atoms with van der Waals surface area (Å²) in [4.78, 5) is 28.7. The topological polar surface area (TPSA) is 88.3 Å². The Hall–Kier alpha value is -2.12. The first kappa shape index (κ1) is 18.2. The van der Waals surface area contributed by atoms with E-state index in [1.54, 1.807) is 18.2 Å². The summed E-state index contributed by atoms with van der Waals surface area (Å²) in [6, 6.07) is 4.01. The first-order chi connectivity index (χ1) is 11.3. The minimum absolute atomic E-state index is 0.113. The number of aromatic nitrogens is 3. The average molecular weight is 371 g/mol. The number of hydrogen-bond donors (Lipinski definition) is 1. The molecule has 1 amide bonds. The third-order valence-electron chi connectivity index (χ3n) is 3.59. The number of benzene rings is 1. The first-order valence-electron chi connectivity index (χ1n) is 7.18. The maximum Gasteiger partial charge on any atom is 0.326 e. The lowest BCUT2D eigenvalue weighted by Gasteiger charge is -2.19. The fourth-order valence-corrected chi connectivity index (χ4v) is 2.59. The maximum atomic E-state index is 12.4. The highest BCUT2D eigenvalue weighted by Crippen LogP contribution is 2.28. The summed E-state index contributed by atoms with van der Waals surface area (Å²) < 4.78 is 1.41. The van der Waals surface area contributed by atoms with Crippen LogP contribution >= 0.6 is 23.2 Å². The number of carbonyl (C=O) groups is 2. The molecule has 24 heavy (non-hydrogen) atoms. The number of hydrogen-bond acceptors (Lipinski definition) is 4. The number of likely N-dealkylation sites (N-methyl/N-ethyl adjacent to an activating group) is 1. The predicted octanol–water partition coefficient (Wildman–Crippen LogP) is 2.68. The highest BCUT2D eigenvalue weighted by Gasteiger charge is 2.27. The number of carbonyl (C=O) groups excluding carboxylic acids is 1. The number of nitrogens with zero attached hydrogens (tertiary/aromatic N) is 4. The van der Waals surface area contributed by atoms with E-state index in [-0.39, 0.29) is 5.82 Å². The van der Waals surface area contributed by atoms with Gasteiger partial charge in [-0.15, -0.1) is 5.10 Å². The van der Waals surface area contributed by atoms with Gasteiger partial charge in [0.05, 0.1) is 10.0 Å². The van der Waals surface area contributed by atoms with Crippen molar-refractivity contribution in [1.29, 1.82) is 0 Å². The standard InChI is InChI=1S/C15H16Cl2N4O3/c1-4-11-18-13(14(22)20(3)8(2)15(23)24)19-21(11)12-9(16)6-5-7-10(12)17/h5-8H,4H2,1-3H3,(H,23,24). The molecular weight excluding hydrogens is 355 g/mol. The van der Waals surface area contributed by atoms with Gasteiger partial charge in [0.2, 0.25) is 5.82 Å². The molecule has 0 aliphatic heterocycles. The Morgan fingerprint density at radius 3 is 2.42 bits per heavy atom. The van der Waals surface area contributed by atoms with Gasteiger partial charge in [-0.05, 0) is 19.1 Å². The molecule has 1 N–H and O–H groups in total. The van der Waals surface area contributed by atoms with Crippen LogP contribution in [-0.4, -0.2) is 49.7 Å². The summed E-state index contributed by atoms with van der Waals surface area (Å²) >= 11 is 12.4. The molecule has 2 aromatic rings. The van der Waals surface area contributed by atoms with Crippen LogP contribution in [0.1, 0.15) is 30.3 Å². The molecule has 128 valence electrons. The molecule has 9 heteroatoms. The molecule has 2 rings (SSSR count). The van der Waals surface area contributed by atoms with Crippen molar-refractivity contribution in [3.8, 4) is 5.69 Å². The number of carboxylic acids is 1. The van der Waals surface area contributed by atoms with Gasteiger partial charge in [-0.1, -0.05) is 36.2 Å². The zero-order valence-electron chi connectivity index (χ0n) is 13.3. The Morgan fingerprint density at radius 1 is 1.33 bits per heavy atom. The van der Waals surface area contributed by atoms with Gasteiger partial charge in [-0.25, -0.2) is 14.5 Å². The van der Waals surface area contributed by atoms with Crippen LogP contribution in [0.3, 0.4) is 0 Å². The molecule has 1 unspecified atom stereocenters. The zero-order valence-corrected chi connectivity index (χ0v) is 14.8. The summed E-state index contributed by atoms with van der Waals surface area (Å²) in [6.07, 6.45) is 0.486. The Labute approximate surface area is 148 Å². The second kappa shape index (κ2) is 7.19. The number of aryl methyl sites for hydroxylation is 1. The van der Waals surface area contributed by atoms with E-state index in [1.807, 2.05) is 6.92 Å². The molecule has 0 aliphatic rings. The van der Waals surface area contributed by atoms with E-state index in [2.05, 4.69) is 10.1 Å². The van der Waals surface area contributed by atoms with Crippen LogP contribution in [0.25, 0.3) is 5.69 Å². The van der Waals surface area contributed by atoms with Crippen molar-refractivity contribution in [2.75, 3.05) is 7.05 Å². The molecule has 0 saturated carbocycles. The highest BCUT2D eigenvalue weighted by molar-refractivity contribution is 6.37. The third kappa shape index (κ3) is 3.37. The molecule has 1 heterocycles. The van der Waals surface area contributed by atoms with E-state index in [9.17, 15) is 9.59 Å². The predicted molar refractivity (Wildman–Crippen MR) is 89.9 cm³/mol. The van der Waals surface area contributed by atoms with Crippen LogP contribution < -0.4 is 0 Å². The molecule has 1 aromatic heterocycles. The quantitative estimate of drug-likeness (QED) is 0.873. The first-order valence-corrected chi connectivity index (χ1v) is 7.93. The van der Waals surface area contributed by atoms with Crippen LogP contribution in [0.4, 0.5) is 0 Å². The fourth-order valence-electron chi connectivity index (χ4n) is 2.03. The largest absolute Gasteiger partial charge is 0.480 e. The normalized spacial score (nSPS) is 12.0. The molecule has 0 saturated heterocycles. The van der Waals surface area contributed by atoms with E-state index in [4.69, 9.17) is 28.3 Å². The molecular formula is C15H16Cl2N4O3. The van der Waals surface area contributed by atoms with Gasteiger partial charge in [-0.2, -0.15) is 0 Å². The van der Waals surface area contributed by atoms with Gasteiger partial charge in [0.25, 0.3) is 5.91 Å². The van der Waals surface area contributed by atoms with Gasteiger partial charge in [0.15, 0.2) is 0 Å². The van der Waals surface area contributed by atoms with Gasteiger partial charge in [-0.3, -0.25) is 4.79 Å². The lowest BCUT2D eigenvalue weighted by molar-refractivity contribution is -0.141. The second-order valence-electron chi connectivity index (χ2n) is 5.12. The van der Waals surface area contributed by atoms with Gasteiger partial charge in [0, 0.05) is 13.5 Å². The van der Waals surface area contributed by atoms with Crippen LogP contribution in [-0.2, 0) is 11.2 Å². The number of carboxylic acid groups (broad SMARTS) is 1. The number of halogens is 2. The summed E-state index contributed by atoms with van der Waals surface area (Å²) in [6.45, 7) is 3.26. The molecule has 0 bridgehead atoms. The lowest BCUT2D eigenvalue weighted by Crippen LogP contribution is -2.40. The SMILES string of the molecule is CCc1nc(C(=O)N(C)C(C)C(=O)O)nn1-c1c(Cl)cccc1Cl. The van der Waals surface area contributed by atoms with E-state index in [0.717, 1.165) is 4.90 Å². The Morgan fingerprint density at radius 2 is 1.92 bits per heavy atom. The number of para-hydroxylation sites is 1. The monoisotopic (exact) mass is 370 g/mol. The van der Waals surface area contributed by atoms with E-state index >= 15 is 0 Å². The van der Waals surface area contributed by atoms with Crippen molar-refractivity contribution in [3.63, 3.8) is 0 Å². The van der Waals surface area contributed by atoms with E-state index in [1.165, 1.54) is 18.7 Å². The summed E-state index contributed by atoms with van der Waals surface area (Å²) in [5.41, 5.74) is 0.429. The molecule has 0 spiro atoms. The minimum Gasteiger partial charge on any atom is -0.480 e. The Bertz CT molecular complexity index is 771. The van der Waals surface area contributed by atoms with Crippen LogP contribution in [0.2, 0.25) is 10.0 Å². The minimum atomic E-state index is -1.12. The van der Waals surface area contributed by atoms with Crippen LogP contribution in [0.5, 0.6) is 0 Å². The molecule has 0 fully saturated rings. The average Bonchev–Trinajstić information content (AvgIpc) is 2.96. The molecule has 0 radical (unpaired) electrons. The molecule has 1 atom stereocenters. The molecule has 7 nitrogen and oxygen atoms in total. The second-order valence-corrected chi connectivity index (χ2v) is 5.93. The fraction of sp³-hybridized carbons (Fsp3) is 0.333. The lowest BCUT2D eigenvalue weighted by atomic mass is 10.3. The van der Waals surface area contributed by atoms with Crippen molar-refractivity contribution in [2.45, 2.75) is 26.3 Å². The molecule has 0 aliphatic carbocycles. The summed E-state index contributed by atoms with van der Waals surface area (Å²) in [5, 5.41) is 14.0. The van der Waals surface area contributed by atoms with E-state index < -0.39 is 17.9 Å². The van der Waals surface area contributed by atoms with Gasteiger partial charge >= 0.3 is 5.97 Å². The smallest absolute Gasteiger partial charge is 0.326 e. The van der Waals surface area contributed by atoms with E-state index in [0.29, 0.717) is 28.0 Å². The van der Waals surface area contributed by atoms with Crippen LogP contribution in [0.15, 0.2) is 18.2 Å². The van der Waals surface area contributed by atoms with Crippen molar-refractivity contribution in [3.05, 3.63) is 39.9 Å². The maximum absolute atomic E-state index is 12.4. The Kier molecular flexibility index (Phi) is 5.46. The van der Waals surface area contributed by atoms with Gasteiger partial charge in [0.1, 0.15) is 17.6 Å². The zero-order chi connectivity index (χ0) is 18.0. The third-order valence-corrected chi connectivity index (χ3v) is 4.20. The summed E-state index contributed by atoms with van der Waals surface area (Å²) in [5.74, 6) is -1.33. The van der Waals surface area contributed by atoms with Crippen molar-refractivity contribution in [1.82, 2.24) is 19.7 Å². The highest BCUT2D eigenvalue weighted by atomic mass is 35.5. The van der Waals surface area contributed by atoms with Crippen molar-refractivity contribution < 1.29 is 14.7 Å². The number of aliphatic carboxylic acids is 1.